The van der Waals surface area contributed by atoms with Gasteiger partial charge >= 0.3 is 5.97 Å². The van der Waals surface area contributed by atoms with E-state index in [4.69, 9.17) is 16.3 Å². The quantitative estimate of drug-likeness (QED) is 0.844. The lowest BCUT2D eigenvalue weighted by atomic mass is 10.1. The Bertz CT molecular complexity index is 760. The number of hydrogen-bond acceptors (Lipinski definition) is 4. The number of aromatic hydroxyl groups is 1. The van der Waals surface area contributed by atoms with E-state index in [1.165, 1.54) is 23.1 Å². The number of nitrogens with zero attached hydrogens (tertiary/aromatic N) is 1. The Morgan fingerprint density at radius 3 is 2.58 bits per heavy atom. The van der Waals surface area contributed by atoms with Crippen molar-refractivity contribution >= 4 is 23.5 Å². The molecule has 0 bridgehead atoms. The van der Waals surface area contributed by atoms with Gasteiger partial charge in [-0.05, 0) is 36.2 Å². The van der Waals surface area contributed by atoms with Gasteiger partial charge in [-0.3, -0.25) is 4.79 Å². The second-order valence-electron chi connectivity index (χ2n) is 5.41. The summed E-state index contributed by atoms with van der Waals surface area (Å²) in [6.45, 7) is 2.00. The number of benzene rings is 2. The molecule has 24 heavy (non-hydrogen) atoms. The van der Waals surface area contributed by atoms with E-state index in [9.17, 15) is 14.7 Å². The maximum atomic E-state index is 12.1. The van der Waals surface area contributed by atoms with Crippen molar-refractivity contribution in [2.45, 2.75) is 13.5 Å². The minimum atomic E-state index is -0.776. The number of halogens is 1. The number of carbonyl (C=O) groups excluding carboxylic acids is 2. The Labute approximate surface area is 145 Å². The van der Waals surface area contributed by atoms with Gasteiger partial charge in [-0.15, -0.1) is 0 Å². The van der Waals surface area contributed by atoms with Crippen LogP contribution in [0, 0.1) is 6.92 Å². The molecule has 0 radical (unpaired) electrons. The molecule has 0 aliphatic heterocycles. The second-order valence-corrected chi connectivity index (χ2v) is 5.85. The van der Waals surface area contributed by atoms with E-state index in [1.807, 2.05) is 31.2 Å². The number of phenols is 1. The van der Waals surface area contributed by atoms with Crippen molar-refractivity contribution in [3.8, 4) is 5.75 Å². The molecule has 2 aromatic rings. The topological polar surface area (TPSA) is 66.8 Å². The van der Waals surface area contributed by atoms with Crippen LogP contribution in [-0.4, -0.2) is 35.5 Å². The smallest absolute Gasteiger partial charge is 0.342 e. The highest BCUT2D eigenvalue weighted by molar-refractivity contribution is 6.30. The van der Waals surface area contributed by atoms with Gasteiger partial charge in [0.15, 0.2) is 6.61 Å². The van der Waals surface area contributed by atoms with Crippen LogP contribution in [0.15, 0.2) is 42.5 Å². The van der Waals surface area contributed by atoms with Crippen LogP contribution in [0.3, 0.4) is 0 Å². The van der Waals surface area contributed by atoms with Crippen LogP contribution in [0.25, 0.3) is 0 Å². The van der Waals surface area contributed by atoms with Crippen molar-refractivity contribution in [3.63, 3.8) is 0 Å². The summed E-state index contributed by atoms with van der Waals surface area (Å²) in [6, 6.07) is 11.8. The molecule has 0 fully saturated rings. The summed E-state index contributed by atoms with van der Waals surface area (Å²) in [5.41, 5.74) is 2.07. The van der Waals surface area contributed by atoms with E-state index in [2.05, 4.69) is 0 Å². The molecule has 0 aromatic heterocycles. The standard InChI is InChI=1S/C18H18ClNO4/c1-12-5-3-4-6-13(12)10-20(2)17(22)11-24-18(23)15-8-7-14(19)9-16(15)21/h3-9,21H,10-11H2,1-2H3. The van der Waals surface area contributed by atoms with E-state index in [0.29, 0.717) is 11.6 Å². The van der Waals surface area contributed by atoms with Crippen molar-refractivity contribution in [2.24, 2.45) is 0 Å². The Hall–Kier alpha value is -2.53. The Morgan fingerprint density at radius 1 is 1.21 bits per heavy atom. The van der Waals surface area contributed by atoms with Crippen molar-refractivity contribution < 1.29 is 19.4 Å². The molecule has 0 saturated heterocycles. The fourth-order valence-electron chi connectivity index (χ4n) is 2.12. The molecule has 2 rings (SSSR count). The predicted octanol–water partition coefficient (Wildman–Crippen LogP) is 3.17. The molecular formula is C18H18ClNO4. The number of carbonyl (C=O) groups is 2. The van der Waals surface area contributed by atoms with Crippen LogP contribution in [0.4, 0.5) is 0 Å². The lowest BCUT2D eigenvalue weighted by molar-refractivity contribution is -0.133. The van der Waals surface area contributed by atoms with Gasteiger partial charge in [-0.2, -0.15) is 0 Å². The zero-order valence-corrected chi connectivity index (χ0v) is 14.2. The summed E-state index contributed by atoms with van der Waals surface area (Å²) in [4.78, 5) is 25.5. The molecule has 0 aliphatic carbocycles. The van der Waals surface area contributed by atoms with E-state index in [1.54, 1.807) is 7.05 Å². The molecule has 2 aromatic carbocycles. The number of rotatable bonds is 5. The van der Waals surface area contributed by atoms with Crippen molar-refractivity contribution in [3.05, 3.63) is 64.2 Å². The molecule has 0 aliphatic rings. The van der Waals surface area contributed by atoms with Crippen LogP contribution in [0.2, 0.25) is 5.02 Å². The van der Waals surface area contributed by atoms with Gasteiger partial charge < -0.3 is 14.7 Å². The zero-order chi connectivity index (χ0) is 17.7. The largest absolute Gasteiger partial charge is 0.507 e. The summed E-state index contributed by atoms with van der Waals surface area (Å²) in [5, 5.41) is 9.98. The predicted molar refractivity (Wildman–Crippen MR) is 91.1 cm³/mol. The van der Waals surface area contributed by atoms with Crippen LogP contribution in [-0.2, 0) is 16.1 Å². The summed E-state index contributed by atoms with van der Waals surface area (Å²) < 4.78 is 4.97. The van der Waals surface area contributed by atoms with E-state index in [0.717, 1.165) is 11.1 Å². The first-order chi connectivity index (χ1) is 11.4. The number of ether oxygens (including phenoxy) is 1. The Morgan fingerprint density at radius 2 is 1.92 bits per heavy atom. The number of hydrogen-bond donors (Lipinski definition) is 1. The monoisotopic (exact) mass is 347 g/mol. The number of aryl methyl sites for hydroxylation is 1. The van der Waals surface area contributed by atoms with Gasteiger partial charge in [0, 0.05) is 18.6 Å². The molecule has 5 nitrogen and oxygen atoms in total. The molecule has 1 amide bonds. The van der Waals surface area contributed by atoms with Gasteiger partial charge in [-0.25, -0.2) is 4.79 Å². The molecule has 0 atom stereocenters. The van der Waals surface area contributed by atoms with Gasteiger partial charge in [0.1, 0.15) is 11.3 Å². The number of likely N-dealkylation sites (N-methyl/N-ethyl adjacent to an activating group) is 1. The second kappa shape index (κ2) is 7.84. The van der Waals surface area contributed by atoms with Crippen molar-refractivity contribution in [1.82, 2.24) is 4.90 Å². The Balaban J connectivity index is 1.92. The van der Waals surface area contributed by atoms with Gasteiger partial charge in [0.05, 0.1) is 0 Å². The maximum absolute atomic E-state index is 12.1. The molecule has 1 N–H and O–H groups in total. The molecule has 0 spiro atoms. The lowest BCUT2D eigenvalue weighted by Gasteiger charge is -2.18. The molecular weight excluding hydrogens is 330 g/mol. The summed E-state index contributed by atoms with van der Waals surface area (Å²) in [5.74, 6) is -1.39. The van der Waals surface area contributed by atoms with Crippen LogP contribution in [0.1, 0.15) is 21.5 Å². The van der Waals surface area contributed by atoms with E-state index < -0.39 is 12.6 Å². The minimum Gasteiger partial charge on any atom is -0.507 e. The first-order valence-electron chi connectivity index (χ1n) is 7.32. The van der Waals surface area contributed by atoms with E-state index in [-0.39, 0.29) is 17.2 Å². The third-order valence-electron chi connectivity index (χ3n) is 3.60. The SMILES string of the molecule is Cc1ccccc1CN(C)C(=O)COC(=O)c1ccc(Cl)cc1O. The van der Waals surface area contributed by atoms with Crippen molar-refractivity contribution in [1.29, 1.82) is 0 Å². The highest BCUT2D eigenvalue weighted by Gasteiger charge is 2.17. The first kappa shape index (κ1) is 17.8. The zero-order valence-electron chi connectivity index (χ0n) is 13.5. The third kappa shape index (κ3) is 4.49. The third-order valence-corrected chi connectivity index (χ3v) is 3.84. The van der Waals surface area contributed by atoms with Gasteiger partial charge in [0.2, 0.25) is 0 Å². The van der Waals surface area contributed by atoms with Gasteiger partial charge in [0.25, 0.3) is 5.91 Å². The summed E-state index contributed by atoms with van der Waals surface area (Å²) >= 11 is 5.71. The molecule has 6 heteroatoms. The van der Waals surface area contributed by atoms with Crippen LogP contribution < -0.4 is 0 Å². The average Bonchev–Trinajstić information content (AvgIpc) is 2.54. The summed E-state index contributed by atoms with van der Waals surface area (Å²) in [7, 11) is 1.64. The first-order valence-corrected chi connectivity index (χ1v) is 7.70. The lowest BCUT2D eigenvalue weighted by Crippen LogP contribution is -2.31. The highest BCUT2D eigenvalue weighted by atomic mass is 35.5. The average molecular weight is 348 g/mol. The number of amides is 1. The normalized spacial score (nSPS) is 10.3. The molecule has 0 unspecified atom stereocenters. The van der Waals surface area contributed by atoms with E-state index >= 15 is 0 Å². The van der Waals surface area contributed by atoms with Crippen LogP contribution >= 0.6 is 11.6 Å². The molecule has 126 valence electrons. The number of phenolic OH excluding ortho intramolecular Hbond substituents is 1. The fraction of sp³-hybridized carbons (Fsp3) is 0.222. The molecule has 0 saturated carbocycles. The maximum Gasteiger partial charge on any atom is 0.342 e. The van der Waals surface area contributed by atoms with Gasteiger partial charge in [-0.1, -0.05) is 35.9 Å². The van der Waals surface area contributed by atoms with Crippen molar-refractivity contribution in [2.75, 3.05) is 13.7 Å². The highest BCUT2D eigenvalue weighted by Crippen LogP contribution is 2.22. The number of esters is 1. The van der Waals surface area contributed by atoms with Crippen LogP contribution in [0.5, 0.6) is 5.75 Å². The minimum absolute atomic E-state index is 0.0336. The Kier molecular flexibility index (Phi) is 5.82. The molecule has 0 heterocycles. The summed E-state index contributed by atoms with van der Waals surface area (Å²) in [6.07, 6.45) is 0. The fourth-order valence-corrected chi connectivity index (χ4v) is 2.29.